The predicted octanol–water partition coefficient (Wildman–Crippen LogP) is 3.61. The van der Waals surface area contributed by atoms with Crippen LogP contribution in [0.15, 0.2) is 11.6 Å². The Balaban J connectivity index is 1.64. The molecule has 0 amide bonds. The topological polar surface area (TPSA) is 26.3 Å². The van der Waals surface area contributed by atoms with Crippen LogP contribution in [0.3, 0.4) is 0 Å². The molecule has 0 radical (unpaired) electrons. The van der Waals surface area contributed by atoms with Crippen molar-refractivity contribution in [1.29, 1.82) is 0 Å². The Bertz CT molecular complexity index is 352. The predicted molar refractivity (Wildman–Crippen MR) is 66.5 cm³/mol. The third kappa shape index (κ3) is 1.92. The molecule has 3 rings (SSSR count). The van der Waals surface area contributed by atoms with Crippen LogP contribution in [0.5, 0.6) is 0 Å². The Morgan fingerprint density at radius 2 is 2.12 bits per heavy atom. The molecule has 0 saturated heterocycles. The van der Waals surface area contributed by atoms with Gasteiger partial charge in [0, 0.05) is 0 Å². The molecular weight excluding hydrogens is 212 g/mol. The maximum Gasteiger partial charge on any atom is 0.312 e. The summed E-state index contributed by atoms with van der Waals surface area (Å²) in [5.74, 6) is 0.603. The molecule has 0 aromatic heterocycles. The maximum absolute atomic E-state index is 12.4. The zero-order valence-corrected chi connectivity index (χ0v) is 10.7. The second kappa shape index (κ2) is 4.15. The van der Waals surface area contributed by atoms with E-state index >= 15 is 0 Å². The third-order valence-corrected chi connectivity index (χ3v) is 4.99. The average molecular weight is 234 g/mol. The Hall–Kier alpha value is -0.790. The lowest BCUT2D eigenvalue weighted by atomic mass is 9.76. The Labute approximate surface area is 103 Å². The number of carbonyl (C=O) groups excluding carboxylic acids is 1. The van der Waals surface area contributed by atoms with Crippen molar-refractivity contribution in [2.24, 2.45) is 11.3 Å². The van der Waals surface area contributed by atoms with E-state index in [1.165, 1.54) is 24.8 Å². The molecule has 0 spiro atoms. The van der Waals surface area contributed by atoms with Crippen molar-refractivity contribution in [3.05, 3.63) is 11.6 Å². The van der Waals surface area contributed by atoms with Gasteiger partial charge in [-0.05, 0) is 57.8 Å². The van der Waals surface area contributed by atoms with Gasteiger partial charge in [-0.1, -0.05) is 18.1 Å². The smallest absolute Gasteiger partial charge is 0.312 e. The van der Waals surface area contributed by atoms with Gasteiger partial charge in [0.25, 0.3) is 0 Å². The number of esters is 1. The average Bonchev–Trinajstić information content (AvgIpc) is 2.90. The second-order valence-electron chi connectivity index (χ2n) is 6.26. The third-order valence-electron chi connectivity index (χ3n) is 4.99. The van der Waals surface area contributed by atoms with E-state index in [0.717, 1.165) is 32.1 Å². The highest BCUT2D eigenvalue weighted by molar-refractivity contribution is 5.78. The number of carbonyl (C=O) groups is 1. The highest BCUT2D eigenvalue weighted by atomic mass is 16.5. The molecule has 17 heavy (non-hydrogen) atoms. The minimum atomic E-state index is -0.207. The summed E-state index contributed by atoms with van der Waals surface area (Å²) < 4.78 is 5.76. The Morgan fingerprint density at radius 1 is 1.35 bits per heavy atom. The molecule has 0 aliphatic heterocycles. The van der Waals surface area contributed by atoms with Crippen LogP contribution in [-0.4, -0.2) is 12.1 Å². The summed E-state index contributed by atoms with van der Waals surface area (Å²) in [5, 5.41) is 0. The molecule has 2 fully saturated rings. The van der Waals surface area contributed by atoms with E-state index in [4.69, 9.17) is 4.74 Å². The first-order valence-electron chi connectivity index (χ1n) is 7.07. The Kier molecular flexibility index (Phi) is 2.76. The summed E-state index contributed by atoms with van der Waals surface area (Å²) in [6.45, 7) is 2.11. The highest BCUT2D eigenvalue weighted by Gasteiger charge is 2.50. The van der Waals surface area contributed by atoms with Crippen LogP contribution >= 0.6 is 0 Å². The van der Waals surface area contributed by atoms with Crippen molar-refractivity contribution in [1.82, 2.24) is 0 Å². The van der Waals surface area contributed by atoms with Gasteiger partial charge in [0.1, 0.15) is 6.10 Å². The SMILES string of the molecule is CC1(C(=O)OC2CCCCC2)CC2=CCC1C2. The summed E-state index contributed by atoms with van der Waals surface area (Å²) in [7, 11) is 0. The van der Waals surface area contributed by atoms with Gasteiger partial charge < -0.3 is 4.74 Å². The van der Waals surface area contributed by atoms with Crippen molar-refractivity contribution in [3.63, 3.8) is 0 Å². The van der Waals surface area contributed by atoms with Gasteiger partial charge in [0.2, 0.25) is 0 Å². The fraction of sp³-hybridized carbons (Fsp3) is 0.800. The number of hydrogen-bond acceptors (Lipinski definition) is 2. The minimum Gasteiger partial charge on any atom is -0.462 e. The summed E-state index contributed by atoms with van der Waals surface area (Å²) in [6, 6.07) is 0. The van der Waals surface area contributed by atoms with E-state index in [-0.39, 0.29) is 17.5 Å². The zero-order valence-electron chi connectivity index (χ0n) is 10.7. The van der Waals surface area contributed by atoms with Crippen molar-refractivity contribution in [2.75, 3.05) is 0 Å². The van der Waals surface area contributed by atoms with Crippen molar-refractivity contribution in [3.8, 4) is 0 Å². The quantitative estimate of drug-likeness (QED) is 0.539. The van der Waals surface area contributed by atoms with E-state index in [1.54, 1.807) is 0 Å². The number of ether oxygens (including phenoxy) is 1. The monoisotopic (exact) mass is 234 g/mol. The summed E-state index contributed by atoms with van der Waals surface area (Å²) in [6.07, 6.45) is 11.6. The number of hydrogen-bond donors (Lipinski definition) is 0. The maximum atomic E-state index is 12.4. The molecule has 3 aliphatic rings. The standard InChI is InChI=1S/C15H22O2/c1-15(10-11-7-8-12(15)9-11)14(16)17-13-5-3-2-4-6-13/h7,12-13H,2-6,8-10H2,1H3. The van der Waals surface area contributed by atoms with Gasteiger partial charge >= 0.3 is 5.97 Å². The van der Waals surface area contributed by atoms with Gasteiger partial charge in [-0.25, -0.2) is 0 Å². The Morgan fingerprint density at radius 3 is 2.71 bits per heavy atom. The molecule has 0 aromatic rings. The van der Waals surface area contributed by atoms with Crippen LogP contribution in [0.25, 0.3) is 0 Å². The normalized spacial score (nSPS) is 37.0. The molecule has 2 atom stereocenters. The molecule has 0 aromatic carbocycles. The summed E-state index contributed by atoms with van der Waals surface area (Å²) >= 11 is 0. The zero-order chi connectivity index (χ0) is 11.9. The lowest BCUT2D eigenvalue weighted by Crippen LogP contribution is -2.37. The molecule has 94 valence electrons. The lowest BCUT2D eigenvalue weighted by molar-refractivity contribution is -0.164. The first-order valence-corrected chi connectivity index (χ1v) is 7.07. The van der Waals surface area contributed by atoms with Crippen molar-refractivity contribution < 1.29 is 9.53 Å². The molecule has 2 nitrogen and oxygen atoms in total. The molecule has 2 bridgehead atoms. The molecule has 0 heterocycles. The first kappa shape index (κ1) is 11.3. The number of allylic oxidation sites excluding steroid dienone is 2. The molecule has 0 N–H and O–H groups in total. The molecule has 2 heteroatoms. The molecule has 2 saturated carbocycles. The van der Waals surface area contributed by atoms with E-state index in [9.17, 15) is 4.79 Å². The van der Waals surface area contributed by atoms with Crippen molar-refractivity contribution in [2.45, 2.75) is 64.4 Å². The van der Waals surface area contributed by atoms with Gasteiger partial charge in [0.05, 0.1) is 5.41 Å². The van der Waals surface area contributed by atoms with Crippen LogP contribution in [0.4, 0.5) is 0 Å². The van der Waals surface area contributed by atoms with Crippen LogP contribution in [-0.2, 0) is 9.53 Å². The number of rotatable bonds is 2. The van der Waals surface area contributed by atoms with E-state index in [1.807, 2.05) is 0 Å². The van der Waals surface area contributed by atoms with Gasteiger partial charge in [0.15, 0.2) is 0 Å². The minimum absolute atomic E-state index is 0.0810. The van der Waals surface area contributed by atoms with Crippen LogP contribution in [0, 0.1) is 11.3 Å². The van der Waals surface area contributed by atoms with Crippen LogP contribution in [0.1, 0.15) is 58.3 Å². The van der Waals surface area contributed by atoms with Crippen LogP contribution < -0.4 is 0 Å². The first-order chi connectivity index (χ1) is 8.18. The second-order valence-corrected chi connectivity index (χ2v) is 6.26. The largest absolute Gasteiger partial charge is 0.462 e. The fourth-order valence-electron chi connectivity index (χ4n) is 3.75. The van der Waals surface area contributed by atoms with Crippen molar-refractivity contribution >= 4 is 5.97 Å². The number of fused-ring (bicyclic) bond motifs is 2. The fourth-order valence-corrected chi connectivity index (χ4v) is 3.75. The van der Waals surface area contributed by atoms with Gasteiger partial charge in [-0.3, -0.25) is 4.79 Å². The molecule has 3 aliphatic carbocycles. The lowest BCUT2D eigenvalue weighted by Gasteiger charge is -2.32. The van der Waals surface area contributed by atoms with E-state index < -0.39 is 0 Å². The highest BCUT2D eigenvalue weighted by Crippen LogP contribution is 2.53. The van der Waals surface area contributed by atoms with Gasteiger partial charge in [-0.2, -0.15) is 0 Å². The molecular formula is C15H22O2. The van der Waals surface area contributed by atoms with E-state index in [0.29, 0.717) is 5.92 Å². The van der Waals surface area contributed by atoms with E-state index in [2.05, 4.69) is 13.0 Å². The summed E-state index contributed by atoms with van der Waals surface area (Å²) in [4.78, 5) is 12.4. The van der Waals surface area contributed by atoms with Crippen LogP contribution in [0.2, 0.25) is 0 Å². The molecule has 2 unspecified atom stereocenters. The summed E-state index contributed by atoms with van der Waals surface area (Å²) in [5.41, 5.74) is 1.28. The van der Waals surface area contributed by atoms with Gasteiger partial charge in [-0.15, -0.1) is 0 Å².